The zero-order valence-electron chi connectivity index (χ0n) is 12.6. The number of nitrogens with zero attached hydrogens (tertiary/aromatic N) is 2. The molecule has 0 aliphatic carbocycles. The summed E-state index contributed by atoms with van der Waals surface area (Å²) in [7, 11) is 3.34. The van der Waals surface area contributed by atoms with Crippen LogP contribution in [0.15, 0.2) is 42.5 Å². The Labute approximate surface area is 145 Å². The van der Waals surface area contributed by atoms with E-state index in [0.29, 0.717) is 0 Å². The molecule has 22 heavy (non-hydrogen) atoms. The number of rotatable bonds is 4. The van der Waals surface area contributed by atoms with Crippen LogP contribution >= 0.6 is 0 Å². The van der Waals surface area contributed by atoms with Crippen LogP contribution in [0.25, 0.3) is 0 Å². The van der Waals surface area contributed by atoms with Crippen LogP contribution in [0.3, 0.4) is 0 Å². The molecule has 1 heterocycles. The summed E-state index contributed by atoms with van der Waals surface area (Å²) in [6, 6.07) is 17.2. The molecule has 4 nitrogen and oxygen atoms in total. The van der Waals surface area contributed by atoms with Crippen LogP contribution in [0.1, 0.15) is 0 Å². The van der Waals surface area contributed by atoms with Gasteiger partial charge in [0.1, 0.15) is 5.75 Å². The molecule has 0 saturated carbocycles. The Morgan fingerprint density at radius 1 is 0.909 bits per heavy atom. The molecule has 2 aromatic rings. The molecule has 0 aromatic heterocycles. The normalized spacial score (nSPS) is 13.7. The second-order valence-electron chi connectivity index (χ2n) is 4.81. The van der Waals surface area contributed by atoms with E-state index in [2.05, 4.69) is 34.7 Å². The maximum absolute atomic E-state index is 5.19. The number of methoxy groups -OCH3 is 2. The first-order chi connectivity index (χ1) is 10.3. The van der Waals surface area contributed by atoms with Gasteiger partial charge in [0.15, 0.2) is 0 Å². The SMILES string of the molecule is COc1c[c-]c(N2[CH-]N(c3ccc(OC)cc3)CC2)cc1.[Ir]. The molecule has 2 aromatic carbocycles. The third-order valence-corrected chi connectivity index (χ3v) is 3.58. The molecule has 1 aliphatic rings. The quantitative estimate of drug-likeness (QED) is 0.637. The zero-order valence-corrected chi connectivity index (χ0v) is 15.0. The van der Waals surface area contributed by atoms with E-state index >= 15 is 0 Å². The van der Waals surface area contributed by atoms with Crippen LogP contribution < -0.4 is 19.3 Å². The van der Waals surface area contributed by atoms with Gasteiger partial charge in [-0.25, -0.2) is 0 Å². The molecule has 119 valence electrons. The Morgan fingerprint density at radius 2 is 1.55 bits per heavy atom. The van der Waals surface area contributed by atoms with E-state index in [1.54, 1.807) is 14.2 Å². The van der Waals surface area contributed by atoms with Crippen molar-refractivity contribution in [3.05, 3.63) is 55.2 Å². The standard InChI is InChI=1S/C17H18N2O2.Ir/c1-20-16-7-3-14(4-8-16)18-11-12-19(13-18)15-5-9-17(21-2)10-6-15;/h3-5,7-10,13H,11-12H2,1-2H3;/q-2;. The first-order valence-corrected chi connectivity index (χ1v) is 6.88. The molecule has 0 spiro atoms. The molecule has 0 N–H and O–H groups in total. The van der Waals surface area contributed by atoms with Gasteiger partial charge in [0.2, 0.25) is 0 Å². The molecule has 5 heteroatoms. The first-order valence-electron chi connectivity index (χ1n) is 6.88. The van der Waals surface area contributed by atoms with Gasteiger partial charge in [-0.2, -0.15) is 12.7 Å². The molecule has 0 bridgehead atoms. The monoisotopic (exact) mass is 475 g/mol. The molecule has 0 unspecified atom stereocenters. The summed E-state index contributed by atoms with van der Waals surface area (Å²) in [6.45, 7) is 4.00. The molecule has 3 rings (SSSR count). The van der Waals surface area contributed by atoms with Gasteiger partial charge in [0.05, 0.1) is 14.2 Å². The predicted octanol–water partition coefficient (Wildman–Crippen LogP) is 2.95. The first kappa shape index (κ1) is 16.7. The summed E-state index contributed by atoms with van der Waals surface area (Å²) in [6.07, 6.45) is 0. The van der Waals surface area contributed by atoms with Crippen LogP contribution in [-0.2, 0) is 20.1 Å². The number of benzene rings is 2. The summed E-state index contributed by atoms with van der Waals surface area (Å²) in [4.78, 5) is 4.40. The van der Waals surface area contributed by atoms with Crippen molar-refractivity contribution in [1.29, 1.82) is 0 Å². The number of hydrogen-bond acceptors (Lipinski definition) is 4. The molecular weight excluding hydrogens is 456 g/mol. The average molecular weight is 475 g/mol. The maximum atomic E-state index is 5.19. The summed E-state index contributed by atoms with van der Waals surface area (Å²) in [5.74, 6) is 1.70. The summed E-state index contributed by atoms with van der Waals surface area (Å²) >= 11 is 0. The van der Waals surface area contributed by atoms with Crippen molar-refractivity contribution in [1.82, 2.24) is 0 Å². The van der Waals surface area contributed by atoms with E-state index in [4.69, 9.17) is 9.47 Å². The van der Waals surface area contributed by atoms with Gasteiger partial charge < -0.3 is 19.3 Å². The van der Waals surface area contributed by atoms with Crippen LogP contribution in [0, 0.1) is 12.7 Å². The molecular formula is C17H18IrN2O2-2. The third kappa shape index (κ3) is 3.54. The Hall–Kier alpha value is -1.71. The second-order valence-corrected chi connectivity index (χ2v) is 4.81. The Balaban J connectivity index is 0.00000176. The average Bonchev–Trinajstić information content (AvgIpc) is 3.05. The van der Waals surface area contributed by atoms with Gasteiger partial charge in [-0.3, -0.25) is 0 Å². The van der Waals surface area contributed by atoms with E-state index in [0.717, 1.165) is 36.0 Å². The van der Waals surface area contributed by atoms with Crippen molar-refractivity contribution in [2.45, 2.75) is 0 Å². The van der Waals surface area contributed by atoms with Crippen molar-refractivity contribution >= 4 is 11.4 Å². The van der Waals surface area contributed by atoms with Crippen LogP contribution in [0.5, 0.6) is 11.5 Å². The largest absolute Gasteiger partial charge is 0.554 e. The minimum Gasteiger partial charge on any atom is -0.554 e. The van der Waals surface area contributed by atoms with Crippen LogP contribution in [0.4, 0.5) is 11.4 Å². The van der Waals surface area contributed by atoms with Gasteiger partial charge in [0, 0.05) is 44.6 Å². The van der Waals surface area contributed by atoms with Crippen molar-refractivity contribution in [2.24, 2.45) is 0 Å². The molecule has 1 fully saturated rings. The fourth-order valence-corrected chi connectivity index (χ4v) is 2.36. The van der Waals surface area contributed by atoms with E-state index in [1.165, 1.54) is 0 Å². The predicted molar refractivity (Wildman–Crippen MR) is 83.8 cm³/mol. The van der Waals surface area contributed by atoms with E-state index in [1.807, 2.05) is 30.3 Å². The van der Waals surface area contributed by atoms with Gasteiger partial charge in [-0.15, -0.1) is 23.9 Å². The number of anilines is 2. The third-order valence-electron chi connectivity index (χ3n) is 3.58. The zero-order chi connectivity index (χ0) is 14.7. The molecule has 0 atom stereocenters. The maximum Gasteiger partial charge on any atom is 0.119 e. The van der Waals surface area contributed by atoms with Crippen LogP contribution in [-0.4, -0.2) is 27.3 Å². The molecule has 1 aliphatic heterocycles. The topological polar surface area (TPSA) is 24.9 Å². The Kier molecular flexibility index (Phi) is 5.69. The summed E-state index contributed by atoms with van der Waals surface area (Å²) in [5.41, 5.74) is 2.21. The number of hydrogen-bond donors (Lipinski definition) is 0. The van der Waals surface area contributed by atoms with Gasteiger partial charge in [-0.05, 0) is 24.3 Å². The number of ether oxygens (including phenoxy) is 2. The summed E-state index contributed by atoms with van der Waals surface area (Å²) in [5, 5.41) is 0. The summed E-state index contributed by atoms with van der Waals surface area (Å²) < 4.78 is 10.3. The van der Waals surface area contributed by atoms with E-state index < -0.39 is 0 Å². The fraction of sp³-hybridized carbons (Fsp3) is 0.235. The van der Waals surface area contributed by atoms with E-state index in [9.17, 15) is 0 Å². The molecule has 0 amide bonds. The minimum atomic E-state index is 0. The van der Waals surface area contributed by atoms with Crippen molar-refractivity contribution in [2.75, 3.05) is 37.1 Å². The smallest absolute Gasteiger partial charge is 0.119 e. The second kappa shape index (κ2) is 7.52. The molecule has 1 radical (unpaired) electrons. The van der Waals surface area contributed by atoms with E-state index in [-0.39, 0.29) is 20.1 Å². The molecule has 1 saturated heterocycles. The van der Waals surface area contributed by atoms with Gasteiger partial charge >= 0.3 is 0 Å². The Morgan fingerprint density at radius 3 is 2.14 bits per heavy atom. The van der Waals surface area contributed by atoms with Gasteiger partial charge in [0.25, 0.3) is 0 Å². The van der Waals surface area contributed by atoms with Crippen molar-refractivity contribution in [3.8, 4) is 11.5 Å². The van der Waals surface area contributed by atoms with Crippen LogP contribution in [0.2, 0.25) is 0 Å². The van der Waals surface area contributed by atoms with Crippen molar-refractivity contribution < 1.29 is 29.6 Å². The van der Waals surface area contributed by atoms with Crippen molar-refractivity contribution in [3.63, 3.8) is 0 Å². The van der Waals surface area contributed by atoms with Gasteiger partial charge in [-0.1, -0.05) is 0 Å². The minimum absolute atomic E-state index is 0. The Bertz CT molecular complexity index is 533. The fourth-order valence-electron chi connectivity index (χ4n) is 2.36.